The van der Waals surface area contributed by atoms with Gasteiger partial charge in [0.15, 0.2) is 0 Å². The van der Waals surface area contributed by atoms with Gasteiger partial charge >= 0.3 is 6.09 Å². The summed E-state index contributed by atoms with van der Waals surface area (Å²) in [7, 11) is 0. The van der Waals surface area contributed by atoms with E-state index < -0.39 is 17.8 Å². The van der Waals surface area contributed by atoms with Crippen molar-refractivity contribution in [1.29, 1.82) is 0 Å². The minimum Gasteiger partial charge on any atom is -0.444 e. The monoisotopic (exact) mass is 406 g/mol. The van der Waals surface area contributed by atoms with Crippen LogP contribution < -0.4 is 0 Å². The lowest BCUT2D eigenvalue weighted by Crippen LogP contribution is -2.43. The zero-order chi connectivity index (χ0) is 18.2. The number of carbonyl (C=O) groups excluding carboxylic acids is 1. The van der Waals surface area contributed by atoms with Crippen molar-refractivity contribution in [2.75, 3.05) is 6.54 Å². The van der Waals surface area contributed by atoms with Crippen LogP contribution in [0.4, 0.5) is 4.79 Å². The number of ether oxygens (including phenoxy) is 1. The van der Waals surface area contributed by atoms with E-state index in [0.717, 1.165) is 21.3 Å². The molecule has 5 nitrogen and oxygen atoms in total. The standard InChI is InChI=1S/C19H23BrN2O3/c1-19(2,3)25-18(24)22-11-15(23)9-17(22)16-8-13(10-21-16)12-4-6-14(20)7-5-12/h4-7,10,15,17,23H,8-9,11H2,1-3H3/t15-,17+/m1/s1. The number of benzene rings is 1. The van der Waals surface area contributed by atoms with Crippen molar-refractivity contribution in [2.24, 2.45) is 4.99 Å². The van der Waals surface area contributed by atoms with E-state index in [1.807, 2.05) is 51.2 Å². The number of allylic oxidation sites excluding steroid dienone is 1. The van der Waals surface area contributed by atoms with Crippen LogP contribution in [0.5, 0.6) is 0 Å². The Morgan fingerprint density at radius 1 is 1.32 bits per heavy atom. The molecule has 2 atom stereocenters. The molecule has 0 aromatic heterocycles. The molecule has 1 amide bonds. The minimum atomic E-state index is -0.562. The van der Waals surface area contributed by atoms with Gasteiger partial charge in [-0.25, -0.2) is 4.79 Å². The molecular weight excluding hydrogens is 384 g/mol. The molecule has 0 saturated carbocycles. The van der Waals surface area contributed by atoms with Gasteiger partial charge in [-0.15, -0.1) is 0 Å². The number of amides is 1. The van der Waals surface area contributed by atoms with Crippen LogP contribution in [0.2, 0.25) is 0 Å². The van der Waals surface area contributed by atoms with Crippen molar-refractivity contribution in [2.45, 2.75) is 51.4 Å². The summed E-state index contributed by atoms with van der Waals surface area (Å²) in [5, 5.41) is 10.1. The van der Waals surface area contributed by atoms with Gasteiger partial charge in [0.05, 0.1) is 18.7 Å². The highest BCUT2D eigenvalue weighted by Gasteiger charge is 2.40. The maximum absolute atomic E-state index is 12.5. The normalized spacial score (nSPS) is 23.5. The number of rotatable bonds is 2. The quantitative estimate of drug-likeness (QED) is 0.806. The molecule has 2 aliphatic rings. The van der Waals surface area contributed by atoms with E-state index in [1.165, 1.54) is 0 Å². The number of nitrogens with zero attached hydrogens (tertiary/aromatic N) is 2. The molecule has 0 spiro atoms. The highest BCUT2D eigenvalue weighted by atomic mass is 79.9. The number of aliphatic imine (C=N–C) groups is 1. The number of β-amino-alcohol motifs (C(OH)–C–C–N with tert-alkyl or cyclic N) is 1. The van der Waals surface area contributed by atoms with Gasteiger partial charge in [-0.05, 0) is 44.0 Å². The number of carbonyl (C=O) groups is 1. The van der Waals surface area contributed by atoms with Crippen molar-refractivity contribution in [3.63, 3.8) is 0 Å². The topological polar surface area (TPSA) is 62.1 Å². The molecule has 2 heterocycles. The molecule has 0 aliphatic carbocycles. The summed E-state index contributed by atoms with van der Waals surface area (Å²) in [5.74, 6) is 0. The molecule has 2 aliphatic heterocycles. The van der Waals surface area contributed by atoms with Crippen LogP contribution in [-0.2, 0) is 4.74 Å². The molecule has 1 N–H and O–H groups in total. The first-order valence-electron chi connectivity index (χ1n) is 8.42. The second-order valence-electron chi connectivity index (χ2n) is 7.50. The number of hydrogen-bond donors (Lipinski definition) is 1. The Labute approximate surface area is 156 Å². The Balaban J connectivity index is 1.71. The molecule has 0 bridgehead atoms. The molecule has 1 fully saturated rings. The first-order valence-corrected chi connectivity index (χ1v) is 9.21. The first kappa shape index (κ1) is 18.1. The zero-order valence-corrected chi connectivity index (χ0v) is 16.3. The number of likely N-dealkylation sites (tertiary alicyclic amines) is 1. The summed E-state index contributed by atoms with van der Waals surface area (Å²) >= 11 is 3.44. The van der Waals surface area contributed by atoms with Crippen molar-refractivity contribution < 1.29 is 14.6 Å². The van der Waals surface area contributed by atoms with Gasteiger partial charge < -0.3 is 9.84 Å². The molecule has 134 valence electrons. The fourth-order valence-electron chi connectivity index (χ4n) is 3.14. The molecule has 0 radical (unpaired) electrons. The summed E-state index contributed by atoms with van der Waals surface area (Å²) < 4.78 is 6.52. The van der Waals surface area contributed by atoms with Crippen LogP contribution in [0.25, 0.3) is 5.57 Å². The highest BCUT2D eigenvalue weighted by Crippen LogP contribution is 2.31. The molecule has 25 heavy (non-hydrogen) atoms. The van der Waals surface area contributed by atoms with Gasteiger partial charge in [-0.2, -0.15) is 0 Å². The lowest BCUT2D eigenvalue weighted by molar-refractivity contribution is 0.0243. The minimum absolute atomic E-state index is 0.214. The molecule has 3 rings (SSSR count). The van der Waals surface area contributed by atoms with Crippen molar-refractivity contribution in [3.8, 4) is 0 Å². The second kappa shape index (κ2) is 6.92. The number of hydrogen-bond acceptors (Lipinski definition) is 4. The molecule has 1 saturated heterocycles. The van der Waals surface area contributed by atoms with E-state index in [2.05, 4.69) is 20.9 Å². The van der Waals surface area contributed by atoms with E-state index in [0.29, 0.717) is 12.8 Å². The van der Waals surface area contributed by atoms with Gasteiger partial charge in [0.2, 0.25) is 0 Å². The average Bonchev–Trinajstić information content (AvgIpc) is 3.12. The lowest BCUT2D eigenvalue weighted by Gasteiger charge is -2.28. The van der Waals surface area contributed by atoms with Crippen molar-refractivity contribution in [3.05, 3.63) is 40.5 Å². The van der Waals surface area contributed by atoms with Gasteiger partial charge in [0, 0.05) is 29.2 Å². The molecule has 6 heteroatoms. The van der Waals surface area contributed by atoms with Gasteiger partial charge in [0.1, 0.15) is 5.60 Å². The van der Waals surface area contributed by atoms with Crippen molar-refractivity contribution >= 4 is 33.3 Å². The van der Waals surface area contributed by atoms with E-state index >= 15 is 0 Å². The second-order valence-corrected chi connectivity index (χ2v) is 8.41. The van der Waals surface area contributed by atoms with Crippen LogP contribution in [0.3, 0.4) is 0 Å². The molecule has 1 aromatic carbocycles. The van der Waals surface area contributed by atoms with Crippen LogP contribution in [0.15, 0.2) is 39.9 Å². The summed E-state index contributed by atoms with van der Waals surface area (Å²) in [6.45, 7) is 5.80. The molecule has 0 unspecified atom stereocenters. The van der Waals surface area contributed by atoms with Gasteiger partial charge in [-0.3, -0.25) is 9.89 Å². The van der Waals surface area contributed by atoms with Crippen LogP contribution in [0.1, 0.15) is 39.2 Å². The molecule has 1 aromatic rings. The Morgan fingerprint density at radius 3 is 2.64 bits per heavy atom. The maximum atomic E-state index is 12.5. The van der Waals surface area contributed by atoms with Crippen LogP contribution in [-0.4, -0.2) is 46.1 Å². The maximum Gasteiger partial charge on any atom is 0.410 e. The van der Waals surface area contributed by atoms with Crippen molar-refractivity contribution in [1.82, 2.24) is 4.90 Å². The number of halogens is 1. The summed E-state index contributed by atoms with van der Waals surface area (Å²) in [5.41, 5.74) is 2.57. The van der Waals surface area contributed by atoms with E-state index in [1.54, 1.807) is 4.90 Å². The Kier molecular flexibility index (Phi) is 5.02. The van der Waals surface area contributed by atoms with E-state index in [9.17, 15) is 9.90 Å². The van der Waals surface area contributed by atoms with Gasteiger partial charge in [-0.1, -0.05) is 28.1 Å². The fourth-order valence-corrected chi connectivity index (χ4v) is 3.41. The third-order valence-corrected chi connectivity index (χ3v) is 4.79. The Hall–Kier alpha value is -1.66. The average molecular weight is 407 g/mol. The largest absolute Gasteiger partial charge is 0.444 e. The predicted molar refractivity (Wildman–Crippen MR) is 102 cm³/mol. The Morgan fingerprint density at radius 2 is 2.00 bits per heavy atom. The molecular formula is C19H23BrN2O3. The lowest BCUT2D eigenvalue weighted by atomic mass is 9.98. The zero-order valence-electron chi connectivity index (χ0n) is 14.7. The predicted octanol–water partition coefficient (Wildman–Crippen LogP) is 4.01. The number of aliphatic hydroxyl groups is 1. The summed E-state index contributed by atoms with van der Waals surface area (Å²) in [6, 6.07) is 7.88. The Bertz CT molecular complexity index is 719. The highest BCUT2D eigenvalue weighted by molar-refractivity contribution is 9.10. The SMILES string of the molecule is CC(C)(C)OC(=O)N1C[C@H](O)C[C@H]1C1=NC=C(c2ccc(Br)cc2)C1. The third kappa shape index (κ3) is 4.30. The van der Waals surface area contributed by atoms with Crippen LogP contribution >= 0.6 is 15.9 Å². The summed E-state index contributed by atoms with van der Waals surface area (Å²) in [4.78, 5) is 18.6. The van der Waals surface area contributed by atoms with Gasteiger partial charge in [0.25, 0.3) is 0 Å². The third-order valence-electron chi connectivity index (χ3n) is 4.26. The van der Waals surface area contributed by atoms with E-state index in [4.69, 9.17) is 4.74 Å². The summed E-state index contributed by atoms with van der Waals surface area (Å²) in [6.07, 6.45) is 2.10. The van der Waals surface area contributed by atoms with Crippen LogP contribution in [0, 0.1) is 0 Å². The number of aliphatic hydroxyl groups excluding tert-OH is 1. The fraction of sp³-hybridized carbons (Fsp3) is 0.474. The first-order chi connectivity index (χ1) is 11.7. The van der Waals surface area contributed by atoms with E-state index in [-0.39, 0.29) is 12.6 Å². The smallest absolute Gasteiger partial charge is 0.410 e.